The van der Waals surface area contributed by atoms with Crippen molar-refractivity contribution in [1.29, 1.82) is 0 Å². The Morgan fingerprint density at radius 2 is 1.73 bits per heavy atom. The highest BCUT2D eigenvalue weighted by Gasteiger charge is 2.39. The Bertz CT molecular complexity index is 711. The largest absolute Gasteiger partial charge is 0.460 e. The predicted octanol–water partition coefficient (Wildman–Crippen LogP) is 4.65. The maximum absolute atomic E-state index is 12.9. The third-order valence-electron chi connectivity index (χ3n) is 2.73. The average Bonchev–Trinajstić information content (AvgIpc) is 2.79. The van der Waals surface area contributed by atoms with Crippen molar-refractivity contribution in [2.45, 2.75) is 19.3 Å². The van der Waals surface area contributed by atoms with Gasteiger partial charge >= 0.3 is 18.3 Å². The number of furan rings is 1. The monoisotopic (exact) mass is 326 g/mol. The lowest BCUT2D eigenvalue weighted by Crippen LogP contribution is -2.10. The molecule has 0 aliphatic carbocycles. The van der Waals surface area contributed by atoms with E-state index in [1.165, 1.54) is 6.92 Å². The molecule has 0 unspecified atom stereocenters. The first-order valence-electron chi connectivity index (χ1n) is 5.93. The molecule has 9 heteroatoms. The van der Waals surface area contributed by atoms with Crippen molar-refractivity contribution < 1.29 is 40.3 Å². The Hall–Kier alpha value is -2.19. The minimum absolute atomic E-state index is 0.0548. The molecule has 2 rings (SSSR count). The van der Waals surface area contributed by atoms with Gasteiger partial charge in [0.1, 0.15) is 5.58 Å². The second kappa shape index (κ2) is 5.22. The summed E-state index contributed by atoms with van der Waals surface area (Å²) in [6.45, 7) is 1.40. The summed E-state index contributed by atoms with van der Waals surface area (Å²) in [6.07, 6.45) is -10.0. The van der Waals surface area contributed by atoms with Gasteiger partial charge in [0.05, 0.1) is 17.7 Å². The molecule has 0 atom stereocenters. The molecule has 1 aromatic carbocycles. The van der Waals surface area contributed by atoms with Crippen LogP contribution in [0.15, 0.2) is 22.6 Å². The minimum atomic E-state index is -5.07. The lowest BCUT2D eigenvalue weighted by molar-refractivity contribution is -0.142. The summed E-state index contributed by atoms with van der Waals surface area (Å²) >= 11 is 0. The number of carbonyl (C=O) groups excluding carboxylic acids is 1. The molecule has 0 radical (unpaired) electrons. The summed E-state index contributed by atoms with van der Waals surface area (Å²) in [4.78, 5) is 11.4. The summed E-state index contributed by atoms with van der Waals surface area (Å²) in [5.41, 5.74) is -3.93. The highest BCUT2D eigenvalue weighted by Crippen LogP contribution is 2.41. The Kier molecular flexibility index (Phi) is 3.84. The van der Waals surface area contributed by atoms with Crippen LogP contribution in [0.25, 0.3) is 11.0 Å². The number of fused-ring (bicyclic) bond motifs is 1. The number of rotatable bonds is 2. The van der Waals surface area contributed by atoms with E-state index < -0.39 is 46.2 Å². The van der Waals surface area contributed by atoms with E-state index >= 15 is 0 Å². The van der Waals surface area contributed by atoms with Crippen LogP contribution in [0, 0.1) is 0 Å². The van der Waals surface area contributed by atoms with Gasteiger partial charge < -0.3 is 9.15 Å². The summed E-state index contributed by atoms with van der Waals surface area (Å²) < 4.78 is 86.0. The number of alkyl halides is 6. The van der Waals surface area contributed by atoms with E-state index in [4.69, 9.17) is 4.42 Å². The summed E-state index contributed by atoms with van der Waals surface area (Å²) in [6, 6.07) is 1.22. The molecule has 0 amide bonds. The fourth-order valence-electron chi connectivity index (χ4n) is 1.83. The molecule has 120 valence electrons. The third kappa shape index (κ3) is 3.02. The molecule has 3 nitrogen and oxygen atoms in total. The van der Waals surface area contributed by atoms with Gasteiger partial charge in [-0.15, -0.1) is 0 Å². The fourth-order valence-corrected chi connectivity index (χ4v) is 1.83. The molecule has 0 aliphatic heterocycles. The van der Waals surface area contributed by atoms with Crippen LogP contribution in [-0.4, -0.2) is 12.6 Å². The first-order valence-corrected chi connectivity index (χ1v) is 5.93. The van der Waals surface area contributed by atoms with Crippen LogP contribution in [-0.2, 0) is 17.1 Å². The van der Waals surface area contributed by atoms with Gasteiger partial charge in [0.15, 0.2) is 0 Å². The van der Waals surface area contributed by atoms with E-state index in [9.17, 15) is 31.1 Å². The Morgan fingerprint density at radius 3 is 2.23 bits per heavy atom. The molecule has 0 saturated carbocycles. The molecule has 0 aliphatic rings. The van der Waals surface area contributed by atoms with Gasteiger partial charge in [0.25, 0.3) is 0 Å². The maximum atomic E-state index is 12.9. The molecular formula is C13H8F6O3. The van der Waals surface area contributed by atoms with E-state index in [-0.39, 0.29) is 12.7 Å². The molecule has 0 N–H and O–H groups in total. The van der Waals surface area contributed by atoms with Gasteiger partial charge in [0, 0.05) is 5.39 Å². The second-order valence-corrected chi connectivity index (χ2v) is 4.27. The van der Waals surface area contributed by atoms with Gasteiger partial charge in [-0.3, -0.25) is 0 Å². The molecule has 0 fully saturated rings. The van der Waals surface area contributed by atoms with Crippen LogP contribution in [0.2, 0.25) is 0 Å². The zero-order chi connectivity index (χ0) is 16.7. The van der Waals surface area contributed by atoms with E-state index in [2.05, 4.69) is 4.74 Å². The number of esters is 1. The quantitative estimate of drug-likeness (QED) is 0.596. The number of ether oxygens (including phenoxy) is 1. The highest BCUT2D eigenvalue weighted by molar-refractivity contribution is 5.94. The third-order valence-corrected chi connectivity index (χ3v) is 2.73. The zero-order valence-electron chi connectivity index (χ0n) is 10.9. The number of carbonyl (C=O) groups is 1. The molecule has 22 heavy (non-hydrogen) atoms. The van der Waals surface area contributed by atoms with Gasteiger partial charge in [-0.1, -0.05) is 0 Å². The van der Waals surface area contributed by atoms with Crippen LogP contribution >= 0.6 is 0 Å². The molecule has 1 heterocycles. The van der Waals surface area contributed by atoms with E-state index in [1.807, 2.05) is 0 Å². The number of benzene rings is 1. The Labute approximate surface area is 119 Å². The van der Waals surface area contributed by atoms with E-state index in [0.717, 1.165) is 6.07 Å². The summed E-state index contributed by atoms with van der Waals surface area (Å²) in [5.74, 6) is -1.65. The van der Waals surface area contributed by atoms with Crippen LogP contribution < -0.4 is 0 Å². The predicted molar refractivity (Wildman–Crippen MR) is 62.2 cm³/mol. The minimum Gasteiger partial charge on any atom is -0.460 e. The van der Waals surface area contributed by atoms with Crippen molar-refractivity contribution in [3.05, 3.63) is 35.1 Å². The summed E-state index contributed by atoms with van der Waals surface area (Å²) in [5, 5.41) is -0.481. The number of hydrogen-bond donors (Lipinski definition) is 0. The first kappa shape index (κ1) is 16.2. The van der Waals surface area contributed by atoms with E-state index in [1.54, 1.807) is 0 Å². The topological polar surface area (TPSA) is 39.4 Å². The van der Waals surface area contributed by atoms with Gasteiger partial charge in [-0.2, -0.15) is 26.3 Å². The van der Waals surface area contributed by atoms with Gasteiger partial charge in [-0.25, -0.2) is 4.79 Å². The fraction of sp³-hybridized carbons (Fsp3) is 0.308. The van der Waals surface area contributed by atoms with Crippen LogP contribution in [0.5, 0.6) is 0 Å². The molecular weight excluding hydrogens is 318 g/mol. The maximum Gasteiger partial charge on any atom is 0.420 e. The Balaban J connectivity index is 2.70. The van der Waals surface area contributed by atoms with Crippen molar-refractivity contribution in [2.75, 3.05) is 6.61 Å². The van der Waals surface area contributed by atoms with E-state index in [0.29, 0.717) is 6.07 Å². The van der Waals surface area contributed by atoms with Crippen molar-refractivity contribution in [2.24, 2.45) is 0 Å². The van der Waals surface area contributed by atoms with Crippen molar-refractivity contribution >= 4 is 16.9 Å². The lowest BCUT2D eigenvalue weighted by Gasteiger charge is -2.11. The van der Waals surface area contributed by atoms with Gasteiger partial charge in [-0.05, 0) is 25.1 Å². The van der Waals surface area contributed by atoms with Crippen LogP contribution in [0.1, 0.15) is 28.6 Å². The normalized spacial score (nSPS) is 12.7. The average molecular weight is 326 g/mol. The Morgan fingerprint density at radius 1 is 1.09 bits per heavy atom. The molecule has 0 spiro atoms. The first-order chi connectivity index (χ1) is 10.0. The zero-order valence-corrected chi connectivity index (χ0v) is 10.9. The highest BCUT2D eigenvalue weighted by atomic mass is 19.4. The lowest BCUT2D eigenvalue weighted by atomic mass is 10.1. The molecule has 0 saturated heterocycles. The van der Waals surface area contributed by atoms with Crippen molar-refractivity contribution in [1.82, 2.24) is 0 Å². The smallest absolute Gasteiger partial charge is 0.420 e. The van der Waals surface area contributed by atoms with Crippen molar-refractivity contribution in [3.8, 4) is 0 Å². The number of halogens is 6. The SMILES string of the molecule is CCOC(=O)c1cc2cc(C(F)(F)F)cc(C(F)(F)F)c2o1. The second-order valence-electron chi connectivity index (χ2n) is 4.27. The standard InChI is InChI=1S/C13H8F6O3/c1-2-21-11(20)9-4-6-3-7(12(14,15)16)5-8(10(6)22-9)13(17,18)19/h3-5H,2H2,1H3. The van der Waals surface area contributed by atoms with Crippen LogP contribution in [0.4, 0.5) is 26.3 Å². The summed E-state index contributed by atoms with van der Waals surface area (Å²) in [7, 11) is 0. The number of hydrogen-bond acceptors (Lipinski definition) is 3. The molecule has 1 aromatic heterocycles. The van der Waals surface area contributed by atoms with Crippen LogP contribution in [0.3, 0.4) is 0 Å². The van der Waals surface area contributed by atoms with Crippen molar-refractivity contribution in [3.63, 3.8) is 0 Å². The molecule has 2 aromatic rings. The molecule has 0 bridgehead atoms. The van der Waals surface area contributed by atoms with Gasteiger partial charge in [0.2, 0.25) is 5.76 Å².